The highest BCUT2D eigenvalue weighted by atomic mass is 79.9. The van der Waals surface area contributed by atoms with Crippen LogP contribution in [0, 0.1) is 0 Å². The second kappa shape index (κ2) is 14.7. The van der Waals surface area contributed by atoms with Gasteiger partial charge in [-0.3, -0.25) is 13.9 Å². The Kier molecular flexibility index (Phi) is 11.3. The molecule has 4 rings (SSSR count). The van der Waals surface area contributed by atoms with Gasteiger partial charge in [-0.15, -0.1) is 0 Å². The lowest BCUT2D eigenvalue weighted by molar-refractivity contribution is -0.140. The van der Waals surface area contributed by atoms with E-state index in [0.29, 0.717) is 0 Å². The van der Waals surface area contributed by atoms with E-state index >= 15 is 0 Å². The Bertz CT molecular complexity index is 1500. The number of carbonyl (C=O) groups excluding carboxylic acids is 2. The molecule has 0 saturated heterocycles. The number of hydrogen-bond donors (Lipinski definition) is 1. The van der Waals surface area contributed by atoms with Gasteiger partial charge >= 0.3 is 0 Å². The SMILES string of the molecule is CS(=O)(=O)N(CC(=O)N(Cc1cccc(Br)c1)C(Cc1ccccc1)C(=O)NC1CCCCC1)c1ccc(Cl)c(Cl)c1. The maximum Gasteiger partial charge on any atom is 0.244 e. The summed E-state index contributed by atoms with van der Waals surface area (Å²) in [6.07, 6.45) is 6.31. The third-order valence-electron chi connectivity index (χ3n) is 7.33. The van der Waals surface area contributed by atoms with Crippen molar-refractivity contribution in [3.63, 3.8) is 0 Å². The molecule has 42 heavy (non-hydrogen) atoms. The summed E-state index contributed by atoms with van der Waals surface area (Å²) < 4.78 is 27.7. The Morgan fingerprint density at radius 3 is 2.26 bits per heavy atom. The molecule has 0 radical (unpaired) electrons. The largest absolute Gasteiger partial charge is 0.352 e. The van der Waals surface area contributed by atoms with Gasteiger partial charge in [0, 0.05) is 23.5 Å². The van der Waals surface area contributed by atoms with Crippen LogP contribution >= 0.6 is 39.1 Å². The first-order chi connectivity index (χ1) is 20.0. The molecule has 7 nitrogen and oxygen atoms in total. The van der Waals surface area contributed by atoms with Gasteiger partial charge in [0.2, 0.25) is 21.8 Å². The van der Waals surface area contributed by atoms with E-state index < -0.39 is 28.5 Å². The molecule has 1 aliphatic rings. The average molecular weight is 696 g/mol. The van der Waals surface area contributed by atoms with Crippen LogP contribution in [0.2, 0.25) is 10.0 Å². The van der Waals surface area contributed by atoms with Crippen LogP contribution in [0.3, 0.4) is 0 Å². The summed E-state index contributed by atoms with van der Waals surface area (Å²) in [4.78, 5) is 29.7. The van der Waals surface area contributed by atoms with E-state index in [1.165, 1.54) is 23.1 Å². The molecule has 0 bridgehead atoms. The number of halogens is 3. The van der Waals surface area contributed by atoms with E-state index in [9.17, 15) is 18.0 Å². The average Bonchev–Trinajstić information content (AvgIpc) is 2.95. The first kappa shape index (κ1) is 32.3. The maximum absolute atomic E-state index is 14.2. The number of nitrogens with one attached hydrogen (secondary N) is 1. The Labute approximate surface area is 266 Å². The molecule has 3 aromatic carbocycles. The number of carbonyl (C=O) groups is 2. The molecule has 1 saturated carbocycles. The van der Waals surface area contributed by atoms with E-state index in [0.717, 1.165) is 58.3 Å². The fraction of sp³-hybridized carbons (Fsp3) is 0.355. The summed E-state index contributed by atoms with van der Waals surface area (Å²) >= 11 is 15.8. The summed E-state index contributed by atoms with van der Waals surface area (Å²) in [5, 5.41) is 3.62. The fourth-order valence-electron chi connectivity index (χ4n) is 5.18. The quantitative estimate of drug-likeness (QED) is 0.245. The van der Waals surface area contributed by atoms with Gasteiger partial charge in [0.1, 0.15) is 12.6 Å². The van der Waals surface area contributed by atoms with Gasteiger partial charge in [-0.2, -0.15) is 0 Å². The minimum absolute atomic E-state index is 0.0380. The zero-order valence-corrected chi connectivity index (χ0v) is 27.2. The Morgan fingerprint density at radius 1 is 0.929 bits per heavy atom. The summed E-state index contributed by atoms with van der Waals surface area (Å²) in [5.41, 5.74) is 1.88. The molecule has 0 aromatic heterocycles. The molecule has 1 atom stereocenters. The van der Waals surface area contributed by atoms with Gasteiger partial charge < -0.3 is 10.2 Å². The van der Waals surface area contributed by atoms with Gasteiger partial charge in [0.15, 0.2) is 0 Å². The smallest absolute Gasteiger partial charge is 0.244 e. The second-order valence-corrected chi connectivity index (χ2v) is 14.2. The van der Waals surface area contributed by atoms with E-state index in [2.05, 4.69) is 21.2 Å². The predicted octanol–water partition coefficient (Wildman–Crippen LogP) is 6.61. The normalized spacial score (nSPS) is 14.7. The predicted molar refractivity (Wildman–Crippen MR) is 172 cm³/mol. The van der Waals surface area contributed by atoms with Crippen LogP contribution in [0.5, 0.6) is 0 Å². The van der Waals surface area contributed by atoms with E-state index in [4.69, 9.17) is 23.2 Å². The van der Waals surface area contributed by atoms with Crippen molar-refractivity contribution >= 4 is 66.7 Å². The van der Waals surface area contributed by atoms with Crippen molar-refractivity contribution in [2.45, 2.75) is 57.2 Å². The number of sulfonamides is 1. The summed E-state index contributed by atoms with van der Waals surface area (Å²) in [7, 11) is -3.91. The van der Waals surface area contributed by atoms with Crippen LogP contribution in [-0.2, 0) is 32.6 Å². The van der Waals surface area contributed by atoms with Gasteiger partial charge in [-0.25, -0.2) is 8.42 Å². The number of nitrogens with zero attached hydrogens (tertiary/aromatic N) is 2. The molecule has 1 unspecified atom stereocenters. The molecule has 2 amide bonds. The maximum atomic E-state index is 14.2. The van der Waals surface area contributed by atoms with Gasteiger partial charge in [-0.05, 0) is 54.3 Å². The molecular weight excluding hydrogens is 661 g/mol. The fourth-order valence-corrected chi connectivity index (χ4v) is 6.76. The zero-order valence-electron chi connectivity index (χ0n) is 23.3. The summed E-state index contributed by atoms with van der Waals surface area (Å²) in [5.74, 6) is -0.777. The lowest BCUT2D eigenvalue weighted by Gasteiger charge is -2.35. The first-order valence-corrected chi connectivity index (χ1v) is 17.2. The van der Waals surface area contributed by atoms with Crippen LogP contribution < -0.4 is 9.62 Å². The molecule has 1 aliphatic carbocycles. The summed E-state index contributed by atoms with van der Waals surface area (Å²) in [6.45, 7) is -0.417. The molecule has 1 fully saturated rings. The second-order valence-electron chi connectivity index (χ2n) is 10.6. The number of benzene rings is 3. The van der Waals surface area contributed by atoms with Crippen molar-refractivity contribution in [3.8, 4) is 0 Å². The van der Waals surface area contributed by atoms with Crippen LogP contribution in [-0.4, -0.2) is 50.0 Å². The highest BCUT2D eigenvalue weighted by Gasteiger charge is 2.34. The number of hydrogen-bond acceptors (Lipinski definition) is 4. The number of amides is 2. The van der Waals surface area contributed by atoms with Gasteiger partial charge in [0.05, 0.1) is 22.0 Å². The van der Waals surface area contributed by atoms with Crippen LogP contribution in [0.1, 0.15) is 43.2 Å². The van der Waals surface area contributed by atoms with Crippen molar-refractivity contribution < 1.29 is 18.0 Å². The Balaban J connectivity index is 1.73. The van der Waals surface area contributed by atoms with Crippen molar-refractivity contribution in [1.82, 2.24) is 10.2 Å². The van der Waals surface area contributed by atoms with E-state index in [-0.39, 0.29) is 40.6 Å². The minimum atomic E-state index is -3.91. The molecular formula is C31H34BrCl2N3O4S. The zero-order chi connectivity index (χ0) is 30.3. The van der Waals surface area contributed by atoms with Crippen molar-refractivity contribution in [1.29, 1.82) is 0 Å². The van der Waals surface area contributed by atoms with Crippen molar-refractivity contribution in [2.75, 3.05) is 17.1 Å². The molecule has 0 heterocycles. The number of anilines is 1. The lowest BCUT2D eigenvalue weighted by Crippen LogP contribution is -2.55. The lowest BCUT2D eigenvalue weighted by atomic mass is 9.94. The molecule has 0 aliphatic heterocycles. The molecule has 0 spiro atoms. The minimum Gasteiger partial charge on any atom is -0.352 e. The Morgan fingerprint density at radius 2 is 1.62 bits per heavy atom. The third kappa shape index (κ3) is 8.96. The molecule has 11 heteroatoms. The molecule has 1 N–H and O–H groups in total. The Hall–Kier alpha value is -2.59. The van der Waals surface area contributed by atoms with Crippen LogP contribution in [0.4, 0.5) is 5.69 Å². The van der Waals surface area contributed by atoms with Crippen LogP contribution in [0.15, 0.2) is 77.3 Å². The van der Waals surface area contributed by atoms with E-state index in [1.807, 2.05) is 54.6 Å². The molecule has 224 valence electrons. The topological polar surface area (TPSA) is 86.8 Å². The van der Waals surface area contributed by atoms with Gasteiger partial charge in [-0.1, -0.05) is 101 Å². The monoisotopic (exact) mass is 693 g/mol. The summed E-state index contributed by atoms with van der Waals surface area (Å²) in [6, 6.07) is 20.6. The molecule has 3 aromatic rings. The highest BCUT2D eigenvalue weighted by Crippen LogP contribution is 2.29. The van der Waals surface area contributed by atoms with Crippen molar-refractivity contribution in [2.24, 2.45) is 0 Å². The van der Waals surface area contributed by atoms with Gasteiger partial charge in [0.25, 0.3) is 0 Å². The van der Waals surface area contributed by atoms with Crippen LogP contribution in [0.25, 0.3) is 0 Å². The number of rotatable bonds is 11. The highest BCUT2D eigenvalue weighted by molar-refractivity contribution is 9.10. The van der Waals surface area contributed by atoms with E-state index in [1.54, 1.807) is 0 Å². The standard InChI is InChI=1S/C31H34BrCl2N3O4S/c1-42(40,41)37(26-15-16-27(33)28(34)19-26)21-30(38)36(20-23-11-8-12-24(32)17-23)29(18-22-9-4-2-5-10-22)31(39)35-25-13-6-3-7-14-25/h2,4-5,8-12,15-17,19,25,29H,3,6-7,13-14,18,20-21H2,1H3,(H,35,39). The van der Waals surface area contributed by atoms with Crippen molar-refractivity contribution in [3.05, 3.63) is 98.4 Å². The third-order valence-corrected chi connectivity index (χ3v) is 9.71. The first-order valence-electron chi connectivity index (χ1n) is 13.8.